The van der Waals surface area contributed by atoms with Crippen LogP contribution in [0.2, 0.25) is 0 Å². The largest absolute Gasteiger partial charge is 0.302 e. The molecule has 1 aromatic carbocycles. The van der Waals surface area contributed by atoms with E-state index in [4.69, 9.17) is 0 Å². The van der Waals surface area contributed by atoms with Crippen LogP contribution in [0.1, 0.15) is 29.5 Å². The molecule has 116 valence electrons. The van der Waals surface area contributed by atoms with Gasteiger partial charge in [0.2, 0.25) is 5.91 Å². The minimum Gasteiger partial charge on any atom is -0.302 e. The second-order valence-corrected chi connectivity index (χ2v) is 7.77. The first-order valence-corrected chi connectivity index (χ1v) is 9.59. The maximum atomic E-state index is 12.2. The summed E-state index contributed by atoms with van der Waals surface area (Å²) < 4.78 is 0. The van der Waals surface area contributed by atoms with Gasteiger partial charge in [-0.05, 0) is 49.1 Å². The SMILES string of the molecule is CSc1ccc(CC(=O)Nc2nc3c(s2)CC(C)CC3)cc1. The van der Waals surface area contributed by atoms with Crippen LogP contribution < -0.4 is 5.32 Å². The van der Waals surface area contributed by atoms with E-state index in [0.29, 0.717) is 6.42 Å². The summed E-state index contributed by atoms with van der Waals surface area (Å²) in [6.07, 6.45) is 5.78. The van der Waals surface area contributed by atoms with Crippen LogP contribution in [0.5, 0.6) is 0 Å². The quantitative estimate of drug-likeness (QED) is 0.854. The van der Waals surface area contributed by atoms with Crippen LogP contribution in [-0.2, 0) is 24.1 Å². The van der Waals surface area contributed by atoms with Crippen molar-refractivity contribution in [1.82, 2.24) is 4.98 Å². The fourth-order valence-electron chi connectivity index (χ4n) is 2.69. The van der Waals surface area contributed by atoms with Gasteiger partial charge in [0, 0.05) is 9.77 Å². The summed E-state index contributed by atoms with van der Waals surface area (Å²) >= 11 is 3.34. The standard InChI is InChI=1S/C17H20N2OS2/c1-11-3-8-14-15(9-11)22-17(18-14)19-16(20)10-12-4-6-13(21-2)7-5-12/h4-7,11H,3,8-10H2,1-2H3,(H,18,19,20). The maximum absolute atomic E-state index is 12.2. The summed E-state index contributed by atoms with van der Waals surface area (Å²) in [6, 6.07) is 8.13. The summed E-state index contributed by atoms with van der Waals surface area (Å²) in [5.74, 6) is 0.738. The first-order chi connectivity index (χ1) is 10.6. The van der Waals surface area contributed by atoms with Crippen LogP contribution in [0, 0.1) is 5.92 Å². The number of amides is 1. The monoisotopic (exact) mass is 332 g/mol. The summed E-state index contributed by atoms with van der Waals surface area (Å²) in [5, 5.41) is 3.71. The third-order valence-corrected chi connectivity index (χ3v) is 5.74. The van der Waals surface area contributed by atoms with E-state index in [0.717, 1.165) is 29.5 Å². The van der Waals surface area contributed by atoms with Gasteiger partial charge in [0.25, 0.3) is 0 Å². The Morgan fingerprint density at radius 3 is 2.91 bits per heavy atom. The van der Waals surface area contributed by atoms with Crippen molar-refractivity contribution in [1.29, 1.82) is 0 Å². The van der Waals surface area contributed by atoms with Gasteiger partial charge in [-0.15, -0.1) is 23.1 Å². The van der Waals surface area contributed by atoms with Gasteiger partial charge in [-0.25, -0.2) is 4.98 Å². The van der Waals surface area contributed by atoms with Gasteiger partial charge in [-0.2, -0.15) is 0 Å². The zero-order valence-corrected chi connectivity index (χ0v) is 14.5. The van der Waals surface area contributed by atoms with Crippen LogP contribution >= 0.6 is 23.1 Å². The smallest absolute Gasteiger partial charge is 0.230 e. The van der Waals surface area contributed by atoms with E-state index < -0.39 is 0 Å². The molecule has 1 aliphatic rings. The number of nitrogens with one attached hydrogen (secondary N) is 1. The van der Waals surface area contributed by atoms with Crippen molar-refractivity contribution >= 4 is 34.1 Å². The second-order valence-electron chi connectivity index (χ2n) is 5.81. The molecule has 1 heterocycles. The third-order valence-electron chi connectivity index (χ3n) is 3.96. The number of thiazole rings is 1. The van der Waals surface area contributed by atoms with Gasteiger partial charge in [0.15, 0.2) is 5.13 Å². The zero-order chi connectivity index (χ0) is 15.5. The first-order valence-electron chi connectivity index (χ1n) is 7.55. The van der Waals surface area contributed by atoms with Gasteiger partial charge in [-0.3, -0.25) is 4.79 Å². The number of carbonyl (C=O) groups is 1. The minimum absolute atomic E-state index is 0.0102. The van der Waals surface area contributed by atoms with Gasteiger partial charge < -0.3 is 5.32 Å². The van der Waals surface area contributed by atoms with E-state index in [1.54, 1.807) is 23.1 Å². The van der Waals surface area contributed by atoms with E-state index in [-0.39, 0.29) is 5.91 Å². The number of benzene rings is 1. The molecule has 0 bridgehead atoms. The minimum atomic E-state index is 0.0102. The Morgan fingerprint density at radius 2 is 2.18 bits per heavy atom. The number of carbonyl (C=O) groups excluding carboxylic acids is 1. The number of hydrogen-bond donors (Lipinski definition) is 1. The number of fused-ring (bicyclic) bond motifs is 1. The predicted octanol–water partition coefficient (Wildman–Crippen LogP) is 4.17. The van der Waals surface area contributed by atoms with Gasteiger partial charge in [0.1, 0.15) is 0 Å². The highest BCUT2D eigenvalue weighted by Gasteiger charge is 2.20. The topological polar surface area (TPSA) is 42.0 Å². The normalized spacial score (nSPS) is 17.1. The lowest BCUT2D eigenvalue weighted by Crippen LogP contribution is -2.14. The van der Waals surface area contributed by atoms with Gasteiger partial charge in [0.05, 0.1) is 12.1 Å². The van der Waals surface area contributed by atoms with Crippen LogP contribution in [0.3, 0.4) is 0 Å². The highest BCUT2D eigenvalue weighted by atomic mass is 32.2. The van der Waals surface area contributed by atoms with E-state index in [1.165, 1.54) is 21.9 Å². The molecule has 3 rings (SSSR count). The molecular formula is C17H20N2OS2. The van der Waals surface area contributed by atoms with Crippen molar-refractivity contribution < 1.29 is 4.79 Å². The Labute approximate surface area is 139 Å². The molecule has 1 aromatic heterocycles. The maximum Gasteiger partial charge on any atom is 0.230 e. The lowest BCUT2D eigenvalue weighted by atomic mass is 9.93. The van der Waals surface area contributed by atoms with Crippen molar-refractivity contribution in [3.8, 4) is 0 Å². The molecule has 1 aliphatic carbocycles. The van der Waals surface area contributed by atoms with Crippen molar-refractivity contribution in [2.24, 2.45) is 5.92 Å². The predicted molar refractivity (Wildman–Crippen MR) is 93.9 cm³/mol. The highest BCUT2D eigenvalue weighted by Crippen LogP contribution is 2.32. The number of aryl methyl sites for hydroxylation is 1. The van der Waals surface area contributed by atoms with E-state index in [9.17, 15) is 4.79 Å². The van der Waals surface area contributed by atoms with E-state index >= 15 is 0 Å². The molecule has 0 saturated heterocycles. The number of rotatable bonds is 4. The zero-order valence-electron chi connectivity index (χ0n) is 12.9. The molecule has 22 heavy (non-hydrogen) atoms. The average molecular weight is 332 g/mol. The molecule has 1 atom stereocenters. The lowest BCUT2D eigenvalue weighted by molar-refractivity contribution is -0.115. The van der Waals surface area contributed by atoms with Crippen molar-refractivity contribution in [2.45, 2.75) is 37.5 Å². The van der Waals surface area contributed by atoms with Crippen molar-refractivity contribution in [3.05, 3.63) is 40.4 Å². The van der Waals surface area contributed by atoms with Crippen LogP contribution in [0.15, 0.2) is 29.2 Å². The molecule has 1 N–H and O–H groups in total. The molecule has 0 aliphatic heterocycles. The average Bonchev–Trinajstić information content (AvgIpc) is 2.89. The van der Waals surface area contributed by atoms with Crippen LogP contribution in [0.25, 0.3) is 0 Å². The lowest BCUT2D eigenvalue weighted by Gasteiger charge is -2.15. The molecule has 3 nitrogen and oxygen atoms in total. The Hall–Kier alpha value is -1.33. The molecule has 0 saturated carbocycles. The Balaban J connectivity index is 1.61. The van der Waals surface area contributed by atoms with Crippen LogP contribution in [0.4, 0.5) is 5.13 Å². The van der Waals surface area contributed by atoms with Gasteiger partial charge >= 0.3 is 0 Å². The van der Waals surface area contributed by atoms with E-state index in [1.807, 2.05) is 18.4 Å². The number of hydrogen-bond acceptors (Lipinski definition) is 4. The molecule has 5 heteroatoms. The highest BCUT2D eigenvalue weighted by molar-refractivity contribution is 7.98. The van der Waals surface area contributed by atoms with Gasteiger partial charge in [-0.1, -0.05) is 19.1 Å². The molecule has 0 fully saturated rings. The van der Waals surface area contributed by atoms with Crippen LogP contribution in [-0.4, -0.2) is 17.1 Å². The summed E-state index contributed by atoms with van der Waals surface area (Å²) in [7, 11) is 0. The summed E-state index contributed by atoms with van der Waals surface area (Å²) in [6.45, 7) is 2.28. The Morgan fingerprint density at radius 1 is 1.41 bits per heavy atom. The summed E-state index contributed by atoms with van der Waals surface area (Å²) in [4.78, 5) is 19.3. The number of anilines is 1. The number of nitrogens with zero attached hydrogens (tertiary/aromatic N) is 1. The first kappa shape index (κ1) is 15.6. The Kier molecular flexibility index (Phi) is 4.84. The Bertz CT molecular complexity index is 664. The summed E-state index contributed by atoms with van der Waals surface area (Å²) in [5.41, 5.74) is 2.22. The number of aromatic nitrogens is 1. The molecule has 1 unspecified atom stereocenters. The molecule has 0 spiro atoms. The molecule has 1 amide bonds. The molecular weight excluding hydrogens is 312 g/mol. The van der Waals surface area contributed by atoms with Crippen molar-refractivity contribution in [3.63, 3.8) is 0 Å². The van der Waals surface area contributed by atoms with Crippen molar-refractivity contribution in [2.75, 3.05) is 11.6 Å². The molecule has 2 aromatic rings. The number of thioether (sulfide) groups is 1. The third kappa shape index (κ3) is 3.70. The second kappa shape index (κ2) is 6.84. The van der Waals surface area contributed by atoms with E-state index in [2.05, 4.69) is 29.4 Å². The molecule has 0 radical (unpaired) electrons. The fourth-order valence-corrected chi connectivity index (χ4v) is 4.28. The fraction of sp³-hybridized carbons (Fsp3) is 0.412.